The van der Waals surface area contributed by atoms with E-state index in [0.717, 1.165) is 22.5 Å². The fourth-order valence-corrected chi connectivity index (χ4v) is 3.23. The van der Waals surface area contributed by atoms with Crippen molar-refractivity contribution < 1.29 is 14.3 Å². The molecule has 1 N–H and O–H groups in total. The smallest absolute Gasteiger partial charge is 0.262 e. The lowest BCUT2D eigenvalue weighted by Gasteiger charge is -2.10. The van der Waals surface area contributed by atoms with Gasteiger partial charge in [-0.25, -0.2) is 14.6 Å². The quantitative estimate of drug-likeness (QED) is 0.445. The second-order valence-electron chi connectivity index (χ2n) is 7.65. The highest BCUT2D eigenvalue weighted by Gasteiger charge is 2.12. The Bertz CT molecular complexity index is 1280. The van der Waals surface area contributed by atoms with Crippen LogP contribution in [0.5, 0.6) is 17.4 Å². The maximum absolute atomic E-state index is 12.2. The van der Waals surface area contributed by atoms with Gasteiger partial charge in [-0.3, -0.25) is 4.79 Å². The minimum Gasteiger partial charge on any atom is -0.483 e. The van der Waals surface area contributed by atoms with Crippen molar-refractivity contribution in [2.45, 2.75) is 27.7 Å². The Morgan fingerprint density at radius 3 is 2.45 bits per heavy atom. The molecule has 0 bridgehead atoms. The van der Waals surface area contributed by atoms with Gasteiger partial charge in [-0.15, -0.1) is 0 Å². The molecule has 8 heteroatoms. The topological polar surface area (TPSA) is 91.2 Å². The molecule has 8 nitrogen and oxygen atoms in total. The fraction of sp³-hybridized carbons (Fsp3) is 0.200. The lowest BCUT2D eigenvalue weighted by molar-refractivity contribution is -0.118. The van der Waals surface area contributed by atoms with Gasteiger partial charge in [-0.05, 0) is 69.2 Å². The number of aryl methyl sites for hydroxylation is 2. The number of hydrogen-bond donors (Lipinski definition) is 1. The van der Waals surface area contributed by atoms with Crippen LogP contribution in [0.3, 0.4) is 0 Å². The van der Waals surface area contributed by atoms with Crippen LogP contribution in [-0.4, -0.2) is 32.3 Å². The van der Waals surface area contributed by atoms with Gasteiger partial charge in [0.25, 0.3) is 5.91 Å². The summed E-state index contributed by atoms with van der Waals surface area (Å²) >= 11 is 0. The average Bonchev–Trinajstić information content (AvgIpc) is 3.07. The van der Waals surface area contributed by atoms with E-state index in [-0.39, 0.29) is 12.5 Å². The monoisotopic (exact) mass is 443 g/mol. The van der Waals surface area contributed by atoms with Crippen LogP contribution >= 0.6 is 0 Å². The summed E-state index contributed by atoms with van der Waals surface area (Å²) in [6.07, 6.45) is 1.44. The Morgan fingerprint density at radius 1 is 1.00 bits per heavy atom. The third kappa shape index (κ3) is 5.17. The first-order valence-electron chi connectivity index (χ1n) is 10.5. The molecule has 0 saturated carbocycles. The van der Waals surface area contributed by atoms with E-state index < -0.39 is 0 Å². The number of anilines is 1. The molecule has 33 heavy (non-hydrogen) atoms. The van der Waals surface area contributed by atoms with Crippen LogP contribution in [0, 0.1) is 27.7 Å². The molecule has 0 unspecified atom stereocenters. The van der Waals surface area contributed by atoms with Crippen molar-refractivity contribution in [3.8, 4) is 23.2 Å². The second-order valence-corrected chi connectivity index (χ2v) is 7.65. The minimum atomic E-state index is -0.243. The Balaban J connectivity index is 1.37. The van der Waals surface area contributed by atoms with E-state index in [9.17, 15) is 4.79 Å². The molecule has 2 aromatic carbocycles. The van der Waals surface area contributed by atoms with Crippen LogP contribution in [0.2, 0.25) is 0 Å². The van der Waals surface area contributed by atoms with Crippen molar-refractivity contribution >= 4 is 11.6 Å². The molecule has 2 heterocycles. The normalized spacial score (nSPS) is 10.7. The number of carbonyl (C=O) groups is 1. The van der Waals surface area contributed by atoms with Gasteiger partial charge in [-0.2, -0.15) is 5.10 Å². The molecule has 2 aromatic heterocycles. The molecule has 4 rings (SSSR count). The Labute approximate surface area is 192 Å². The van der Waals surface area contributed by atoms with Crippen molar-refractivity contribution in [3.63, 3.8) is 0 Å². The predicted octanol–water partition coefficient (Wildman–Crippen LogP) is 4.71. The lowest BCUT2D eigenvalue weighted by Crippen LogP contribution is -2.20. The van der Waals surface area contributed by atoms with Crippen LogP contribution in [0.25, 0.3) is 5.82 Å². The molecule has 0 aliphatic carbocycles. The number of ether oxygens (including phenoxy) is 2. The Kier molecular flexibility index (Phi) is 6.35. The van der Waals surface area contributed by atoms with Gasteiger partial charge in [0.2, 0.25) is 5.88 Å². The Hall–Kier alpha value is -4.20. The minimum absolute atomic E-state index is 0.0708. The summed E-state index contributed by atoms with van der Waals surface area (Å²) in [6.45, 7) is 7.86. The van der Waals surface area contributed by atoms with Crippen LogP contribution in [0.4, 0.5) is 5.69 Å². The maximum Gasteiger partial charge on any atom is 0.262 e. The number of rotatable bonds is 7. The molecule has 0 atom stereocenters. The molecule has 0 aliphatic rings. The summed E-state index contributed by atoms with van der Waals surface area (Å²) in [5.41, 5.74) is 4.71. The third-order valence-electron chi connectivity index (χ3n) is 5.31. The van der Waals surface area contributed by atoms with Gasteiger partial charge in [0, 0.05) is 17.4 Å². The second kappa shape index (κ2) is 9.52. The van der Waals surface area contributed by atoms with Gasteiger partial charge < -0.3 is 14.8 Å². The van der Waals surface area contributed by atoms with Crippen molar-refractivity contribution in [1.29, 1.82) is 0 Å². The molecule has 0 spiro atoms. The van der Waals surface area contributed by atoms with Gasteiger partial charge in [0.1, 0.15) is 17.8 Å². The van der Waals surface area contributed by atoms with Crippen molar-refractivity contribution in [3.05, 3.63) is 83.4 Å². The summed E-state index contributed by atoms with van der Waals surface area (Å²) < 4.78 is 13.2. The fourth-order valence-electron chi connectivity index (χ4n) is 3.23. The Morgan fingerprint density at radius 2 is 1.76 bits per heavy atom. The third-order valence-corrected chi connectivity index (χ3v) is 5.31. The highest BCUT2D eigenvalue weighted by molar-refractivity contribution is 5.91. The van der Waals surface area contributed by atoms with E-state index in [1.54, 1.807) is 35.0 Å². The van der Waals surface area contributed by atoms with E-state index in [0.29, 0.717) is 28.9 Å². The summed E-state index contributed by atoms with van der Waals surface area (Å²) in [6, 6.07) is 16.3. The molecular weight excluding hydrogens is 418 g/mol. The SMILES string of the molecule is Cc1ccccc1OCC(=O)Nc1ccc(Oc2cc(-n3nc(C)c(C)c3C)ncn2)cc1. The molecular formula is C25H25N5O3. The first-order valence-corrected chi connectivity index (χ1v) is 10.5. The van der Waals surface area contributed by atoms with Gasteiger partial charge in [-0.1, -0.05) is 18.2 Å². The molecule has 0 aliphatic heterocycles. The zero-order valence-corrected chi connectivity index (χ0v) is 19.0. The summed E-state index contributed by atoms with van der Waals surface area (Å²) in [5.74, 6) is 2.06. The zero-order chi connectivity index (χ0) is 23.4. The number of amides is 1. The molecule has 0 saturated heterocycles. The first kappa shape index (κ1) is 22.0. The van der Waals surface area contributed by atoms with Crippen LogP contribution in [-0.2, 0) is 4.79 Å². The van der Waals surface area contributed by atoms with Gasteiger partial charge in [0.05, 0.1) is 5.69 Å². The standard InChI is InChI=1S/C25H25N5O3/c1-16-7-5-6-8-22(16)32-14-24(31)28-20-9-11-21(12-10-20)33-25-13-23(26-15-27-25)30-19(4)17(2)18(3)29-30/h5-13,15H,14H2,1-4H3,(H,28,31). The van der Waals surface area contributed by atoms with Crippen LogP contribution in [0.15, 0.2) is 60.9 Å². The summed E-state index contributed by atoms with van der Waals surface area (Å²) in [4.78, 5) is 20.7. The predicted molar refractivity (Wildman–Crippen MR) is 125 cm³/mol. The molecule has 4 aromatic rings. The number of nitrogens with zero attached hydrogens (tertiary/aromatic N) is 4. The number of carbonyl (C=O) groups excluding carboxylic acids is 1. The van der Waals surface area contributed by atoms with Crippen molar-refractivity contribution in [2.75, 3.05) is 11.9 Å². The number of nitrogens with one attached hydrogen (secondary N) is 1. The maximum atomic E-state index is 12.2. The van der Waals surface area contributed by atoms with E-state index in [1.807, 2.05) is 52.0 Å². The molecule has 0 fully saturated rings. The highest BCUT2D eigenvalue weighted by atomic mass is 16.5. The van der Waals surface area contributed by atoms with E-state index in [4.69, 9.17) is 9.47 Å². The summed E-state index contributed by atoms with van der Waals surface area (Å²) in [7, 11) is 0. The number of benzene rings is 2. The van der Waals surface area contributed by atoms with Crippen LogP contribution < -0.4 is 14.8 Å². The largest absolute Gasteiger partial charge is 0.483 e. The molecule has 0 radical (unpaired) electrons. The number of aromatic nitrogens is 4. The van der Waals surface area contributed by atoms with Crippen molar-refractivity contribution in [1.82, 2.24) is 19.7 Å². The number of hydrogen-bond acceptors (Lipinski definition) is 6. The first-order chi connectivity index (χ1) is 15.9. The van der Waals surface area contributed by atoms with E-state index in [2.05, 4.69) is 20.4 Å². The zero-order valence-electron chi connectivity index (χ0n) is 19.0. The highest BCUT2D eigenvalue weighted by Crippen LogP contribution is 2.23. The lowest BCUT2D eigenvalue weighted by atomic mass is 10.2. The van der Waals surface area contributed by atoms with E-state index >= 15 is 0 Å². The molecule has 168 valence electrons. The van der Waals surface area contributed by atoms with Gasteiger partial charge >= 0.3 is 0 Å². The summed E-state index contributed by atoms with van der Waals surface area (Å²) in [5, 5.41) is 7.34. The van der Waals surface area contributed by atoms with E-state index in [1.165, 1.54) is 6.33 Å². The van der Waals surface area contributed by atoms with Gasteiger partial charge in [0.15, 0.2) is 12.4 Å². The average molecular weight is 444 g/mol. The van der Waals surface area contributed by atoms with Crippen LogP contribution in [0.1, 0.15) is 22.5 Å². The van der Waals surface area contributed by atoms with Crippen molar-refractivity contribution in [2.24, 2.45) is 0 Å². The number of para-hydroxylation sites is 1. The molecule has 1 amide bonds.